The number of rotatable bonds is 4. The summed E-state index contributed by atoms with van der Waals surface area (Å²) in [6.07, 6.45) is 1.57. The van der Waals surface area contributed by atoms with Gasteiger partial charge in [-0.3, -0.25) is 0 Å². The molecule has 0 saturated carbocycles. The van der Waals surface area contributed by atoms with E-state index in [-0.39, 0.29) is 4.90 Å². The fraction of sp³-hybridized carbons (Fsp3) is 0. The maximum Gasteiger partial charge on any atom is 0.268 e. The normalized spacial score (nSPS) is 11.5. The van der Waals surface area contributed by atoms with Gasteiger partial charge in [0.2, 0.25) is 0 Å². The van der Waals surface area contributed by atoms with E-state index in [2.05, 4.69) is 15.9 Å². The average Bonchev–Trinajstić information content (AvgIpc) is 2.91. The van der Waals surface area contributed by atoms with Gasteiger partial charge in [-0.1, -0.05) is 48.2 Å². The van der Waals surface area contributed by atoms with Crippen LogP contribution in [-0.2, 0) is 10.0 Å². The Balaban J connectivity index is 2.06. The quantitative estimate of drug-likeness (QED) is 0.647. The van der Waals surface area contributed by atoms with Gasteiger partial charge in [0.05, 0.1) is 9.37 Å². The van der Waals surface area contributed by atoms with Gasteiger partial charge in [-0.05, 0) is 46.3 Å². The molecule has 0 amide bonds. The Labute approximate surface area is 142 Å². The minimum absolute atomic E-state index is 0.271. The zero-order chi connectivity index (χ0) is 15.6. The van der Waals surface area contributed by atoms with Gasteiger partial charge in [0.1, 0.15) is 5.03 Å². The van der Waals surface area contributed by atoms with Crippen molar-refractivity contribution in [2.45, 2.75) is 14.8 Å². The van der Waals surface area contributed by atoms with Crippen molar-refractivity contribution in [3.63, 3.8) is 0 Å². The zero-order valence-corrected chi connectivity index (χ0v) is 14.6. The second-order valence-corrected chi connectivity index (χ2v) is 8.23. The molecule has 3 nitrogen and oxygen atoms in total. The molecule has 0 aliphatic rings. The highest BCUT2D eigenvalue weighted by Gasteiger charge is 2.21. The molecule has 3 aromatic rings. The van der Waals surface area contributed by atoms with E-state index in [9.17, 15) is 8.42 Å². The van der Waals surface area contributed by atoms with E-state index in [1.807, 2.05) is 30.3 Å². The first-order valence-corrected chi connectivity index (χ1v) is 9.54. The third-order valence-electron chi connectivity index (χ3n) is 3.02. The Kier molecular flexibility index (Phi) is 4.42. The standard InChI is InChI=1S/C16H12BrNO2S2/c17-15-11-12-18(16(15)21-13-7-3-1-4-8-13)22(19,20)14-9-5-2-6-10-14/h1-12H. The van der Waals surface area contributed by atoms with Gasteiger partial charge in [0.25, 0.3) is 10.0 Å². The van der Waals surface area contributed by atoms with Crippen LogP contribution >= 0.6 is 27.7 Å². The molecule has 2 aromatic carbocycles. The van der Waals surface area contributed by atoms with Crippen LogP contribution < -0.4 is 0 Å². The van der Waals surface area contributed by atoms with Crippen molar-refractivity contribution in [1.29, 1.82) is 0 Å². The molecular weight excluding hydrogens is 382 g/mol. The van der Waals surface area contributed by atoms with E-state index < -0.39 is 10.0 Å². The number of hydrogen-bond acceptors (Lipinski definition) is 3. The lowest BCUT2D eigenvalue weighted by atomic mass is 10.4. The number of nitrogens with zero attached hydrogens (tertiary/aromatic N) is 1. The fourth-order valence-corrected chi connectivity index (χ4v) is 5.14. The van der Waals surface area contributed by atoms with E-state index in [1.165, 1.54) is 15.7 Å². The first-order valence-electron chi connectivity index (χ1n) is 6.49. The maximum atomic E-state index is 12.8. The fourth-order valence-electron chi connectivity index (χ4n) is 1.97. The Bertz CT molecular complexity index is 875. The molecule has 6 heteroatoms. The topological polar surface area (TPSA) is 39.1 Å². The number of benzene rings is 2. The van der Waals surface area contributed by atoms with Gasteiger partial charge >= 0.3 is 0 Å². The molecule has 1 heterocycles. The summed E-state index contributed by atoms with van der Waals surface area (Å²) in [6, 6.07) is 19.8. The van der Waals surface area contributed by atoms with E-state index in [1.54, 1.807) is 42.6 Å². The lowest BCUT2D eigenvalue weighted by Crippen LogP contribution is -2.12. The maximum absolute atomic E-state index is 12.8. The molecule has 0 saturated heterocycles. The van der Waals surface area contributed by atoms with Crippen molar-refractivity contribution >= 4 is 37.7 Å². The summed E-state index contributed by atoms with van der Waals surface area (Å²) in [6.45, 7) is 0. The predicted octanol–water partition coefficient (Wildman–Crippen LogP) is 4.64. The lowest BCUT2D eigenvalue weighted by molar-refractivity contribution is 0.583. The van der Waals surface area contributed by atoms with Crippen LogP contribution in [-0.4, -0.2) is 12.4 Å². The van der Waals surface area contributed by atoms with Crippen LogP contribution in [0.1, 0.15) is 0 Å². The predicted molar refractivity (Wildman–Crippen MR) is 91.7 cm³/mol. The van der Waals surface area contributed by atoms with Crippen molar-refractivity contribution < 1.29 is 8.42 Å². The molecule has 0 aliphatic heterocycles. The monoisotopic (exact) mass is 393 g/mol. The van der Waals surface area contributed by atoms with E-state index in [0.29, 0.717) is 5.03 Å². The minimum atomic E-state index is -3.60. The van der Waals surface area contributed by atoms with Crippen molar-refractivity contribution in [1.82, 2.24) is 3.97 Å². The van der Waals surface area contributed by atoms with Gasteiger partial charge < -0.3 is 0 Å². The summed E-state index contributed by atoms with van der Waals surface area (Å²) < 4.78 is 27.6. The second-order valence-electron chi connectivity index (χ2n) is 4.50. The average molecular weight is 394 g/mol. The lowest BCUT2D eigenvalue weighted by Gasteiger charge is -2.10. The smallest absolute Gasteiger partial charge is 0.234 e. The van der Waals surface area contributed by atoms with E-state index >= 15 is 0 Å². The minimum Gasteiger partial charge on any atom is -0.234 e. The molecule has 0 unspecified atom stereocenters. The molecule has 0 fully saturated rings. The number of hydrogen-bond donors (Lipinski definition) is 0. The van der Waals surface area contributed by atoms with Crippen molar-refractivity contribution in [3.05, 3.63) is 77.4 Å². The molecule has 0 spiro atoms. The molecule has 22 heavy (non-hydrogen) atoms. The molecule has 0 atom stereocenters. The Morgan fingerprint density at radius 2 is 1.45 bits per heavy atom. The van der Waals surface area contributed by atoms with Crippen LogP contribution in [0.5, 0.6) is 0 Å². The van der Waals surface area contributed by atoms with Gasteiger partial charge in [-0.25, -0.2) is 12.4 Å². The van der Waals surface area contributed by atoms with Crippen LogP contribution in [0.2, 0.25) is 0 Å². The van der Waals surface area contributed by atoms with Crippen LogP contribution in [0.15, 0.2) is 92.2 Å². The highest BCUT2D eigenvalue weighted by atomic mass is 79.9. The second kappa shape index (κ2) is 6.32. The third kappa shape index (κ3) is 2.99. The van der Waals surface area contributed by atoms with Crippen LogP contribution in [0.3, 0.4) is 0 Å². The molecule has 0 bridgehead atoms. The van der Waals surface area contributed by atoms with Gasteiger partial charge in [0.15, 0.2) is 0 Å². The first-order chi connectivity index (χ1) is 10.6. The molecular formula is C16H12BrNO2S2. The molecule has 3 rings (SSSR count). The Morgan fingerprint density at radius 3 is 2.09 bits per heavy atom. The van der Waals surface area contributed by atoms with Crippen molar-refractivity contribution in [3.8, 4) is 0 Å². The van der Waals surface area contributed by atoms with Gasteiger partial charge in [-0.2, -0.15) is 0 Å². The van der Waals surface area contributed by atoms with Gasteiger partial charge in [-0.15, -0.1) is 0 Å². The molecule has 1 aromatic heterocycles. The SMILES string of the molecule is O=S(=O)(c1ccccc1)n1ccc(Br)c1Sc1ccccc1. The Morgan fingerprint density at radius 1 is 0.864 bits per heavy atom. The summed E-state index contributed by atoms with van der Waals surface area (Å²) in [7, 11) is -3.60. The highest BCUT2D eigenvalue weighted by Crippen LogP contribution is 2.36. The summed E-state index contributed by atoms with van der Waals surface area (Å²) in [5, 5.41) is 0.634. The van der Waals surface area contributed by atoms with Gasteiger partial charge in [0, 0.05) is 11.1 Å². The van der Waals surface area contributed by atoms with Crippen LogP contribution in [0, 0.1) is 0 Å². The summed E-state index contributed by atoms with van der Waals surface area (Å²) >= 11 is 4.84. The molecule has 0 N–H and O–H groups in total. The number of aromatic nitrogens is 1. The molecule has 0 aliphatic carbocycles. The molecule has 112 valence electrons. The third-order valence-corrected chi connectivity index (χ3v) is 6.84. The van der Waals surface area contributed by atoms with Crippen LogP contribution in [0.4, 0.5) is 0 Å². The summed E-state index contributed by atoms with van der Waals surface area (Å²) in [5.41, 5.74) is 0. The zero-order valence-electron chi connectivity index (χ0n) is 11.4. The highest BCUT2D eigenvalue weighted by molar-refractivity contribution is 9.10. The van der Waals surface area contributed by atoms with Crippen LogP contribution in [0.25, 0.3) is 0 Å². The number of halogens is 1. The van der Waals surface area contributed by atoms with E-state index in [0.717, 1.165) is 9.37 Å². The largest absolute Gasteiger partial charge is 0.268 e. The summed E-state index contributed by atoms with van der Waals surface area (Å²) in [5.74, 6) is 0. The summed E-state index contributed by atoms with van der Waals surface area (Å²) in [4.78, 5) is 1.25. The van der Waals surface area contributed by atoms with Crippen molar-refractivity contribution in [2.24, 2.45) is 0 Å². The molecule has 0 radical (unpaired) electrons. The first kappa shape index (κ1) is 15.4. The van der Waals surface area contributed by atoms with E-state index in [4.69, 9.17) is 0 Å². The van der Waals surface area contributed by atoms with Crippen molar-refractivity contribution in [2.75, 3.05) is 0 Å². The Hall–Kier alpha value is -1.50.